The molecule has 1 aliphatic heterocycles. The molecule has 0 bridgehead atoms. The number of cyclic esters (lactones) is 1. The Morgan fingerprint density at radius 2 is 2.18 bits per heavy atom. The van der Waals surface area contributed by atoms with Crippen LogP contribution in [0.2, 0.25) is 0 Å². The predicted molar refractivity (Wildman–Crippen MR) is 67.7 cm³/mol. The minimum atomic E-state index is -0.474. The highest BCUT2D eigenvalue weighted by atomic mass is 16.6. The summed E-state index contributed by atoms with van der Waals surface area (Å²) in [5.74, 6) is 0.382. The Balaban J connectivity index is 2.48. The maximum absolute atomic E-state index is 11.2. The molecule has 0 aromatic heterocycles. The number of carbonyl (C=O) groups excluding carboxylic acids is 1. The highest BCUT2D eigenvalue weighted by Gasteiger charge is 2.31. The van der Waals surface area contributed by atoms with Gasteiger partial charge in [-0.15, -0.1) is 0 Å². The van der Waals surface area contributed by atoms with E-state index in [0.29, 0.717) is 17.9 Å². The molecule has 1 N–H and O–H groups in total. The summed E-state index contributed by atoms with van der Waals surface area (Å²) in [6.07, 6.45) is 4.47. The molecule has 3 heteroatoms. The van der Waals surface area contributed by atoms with Crippen LogP contribution in [0.3, 0.4) is 0 Å². The van der Waals surface area contributed by atoms with Crippen molar-refractivity contribution in [1.29, 1.82) is 0 Å². The third-order valence-electron chi connectivity index (χ3n) is 2.99. The minimum absolute atomic E-state index is 0.0895. The fourth-order valence-corrected chi connectivity index (χ4v) is 1.80. The van der Waals surface area contributed by atoms with Crippen molar-refractivity contribution in [2.75, 3.05) is 0 Å². The number of esters is 1. The van der Waals surface area contributed by atoms with Crippen LogP contribution in [-0.4, -0.2) is 17.2 Å². The Morgan fingerprint density at radius 1 is 1.53 bits per heavy atom. The lowest BCUT2D eigenvalue weighted by molar-refractivity contribution is -0.140. The SMILES string of the molecule is CC1=C(O)C(C/C(C)=C/CCC(C)C)OC1=O. The summed E-state index contributed by atoms with van der Waals surface area (Å²) in [5, 5.41) is 9.70. The van der Waals surface area contributed by atoms with Crippen LogP contribution in [0.5, 0.6) is 0 Å². The lowest BCUT2D eigenvalue weighted by atomic mass is 10.0. The molecular weight excluding hydrogens is 216 g/mol. The molecule has 1 heterocycles. The zero-order chi connectivity index (χ0) is 13.0. The van der Waals surface area contributed by atoms with Crippen LogP contribution in [-0.2, 0) is 9.53 Å². The van der Waals surface area contributed by atoms with Crippen LogP contribution in [0.15, 0.2) is 23.0 Å². The first-order chi connectivity index (χ1) is 7.91. The Hall–Kier alpha value is -1.25. The number of hydrogen-bond donors (Lipinski definition) is 1. The van der Waals surface area contributed by atoms with Gasteiger partial charge in [-0.25, -0.2) is 4.79 Å². The maximum atomic E-state index is 11.2. The molecule has 0 aliphatic carbocycles. The number of allylic oxidation sites excluding steroid dienone is 1. The molecule has 0 spiro atoms. The van der Waals surface area contributed by atoms with Crippen molar-refractivity contribution in [3.05, 3.63) is 23.0 Å². The predicted octanol–water partition coefficient (Wildman–Crippen LogP) is 3.52. The van der Waals surface area contributed by atoms with E-state index >= 15 is 0 Å². The summed E-state index contributed by atoms with van der Waals surface area (Å²) < 4.78 is 5.08. The van der Waals surface area contributed by atoms with E-state index in [-0.39, 0.29) is 5.76 Å². The molecule has 0 saturated carbocycles. The number of carbonyl (C=O) groups is 1. The lowest BCUT2D eigenvalue weighted by Gasteiger charge is -2.10. The third kappa shape index (κ3) is 3.91. The Morgan fingerprint density at radius 3 is 2.65 bits per heavy atom. The number of rotatable bonds is 5. The third-order valence-corrected chi connectivity index (χ3v) is 2.99. The van der Waals surface area contributed by atoms with E-state index in [0.717, 1.165) is 18.4 Å². The van der Waals surface area contributed by atoms with Gasteiger partial charge in [0.2, 0.25) is 0 Å². The van der Waals surface area contributed by atoms with Crippen LogP contribution >= 0.6 is 0 Å². The molecule has 1 aliphatic rings. The van der Waals surface area contributed by atoms with Gasteiger partial charge < -0.3 is 9.84 Å². The molecule has 0 radical (unpaired) electrons. The molecule has 17 heavy (non-hydrogen) atoms. The van der Waals surface area contributed by atoms with Crippen LogP contribution in [0.1, 0.15) is 47.0 Å². The van der Waals surface area contributed by atoms with E-state index in [4.69, 9.17) is 4.74 Å². The molecule has 0 aromatic carbocycles. The Labute approximate surface area is 103 Å². The first-order valence-electron chi connectivity index (χ1n) is 6.18. The fraction of sp³-hybridized carbons (Fsp3) is 0.643. The average molecular weight is 238 g/mol. The first kappa shape index (κ1) is 13.8. The summed E-state index contributed by atoms with van der Waals surface area (Å²) in [6.45, 7) is 7.99. The van der Waals surface area contributed by atoms with Gasteiger partial charge in [0.05, 0.1) is 5.57 Å². The number of aliphatic hydroxyl groups excluding tert-OH is 1. The molecule has 0 saturated heterocycles. The Bertz CT molecular complexity index is 350. The van der Waals surface area contributed by atoms with Crippen molar-refractivity contribution < 1.29 is 14.6 Å². The smallest absolute Gasteiger partial charge is 0.338 e. The molecule has 3 nitrogen and oxygen atoms in total. The van der Waals surface area contributed by atoms with Gasteiger partial charge in [-0.05, 0) is 32.6 Å². The zero-order valence-electron chi connectivity index (χ0n) is 11.1. The van der Waals surface area contributed by atoms with Crippen molar-refractivity contribution in [3.8, 4) is 0 Å². The van der Waals surface area contributed by atoms with Gasteiger partial charge in [0.25, 0.3) is 0 Å². The van der Waals surface area contributed by atoms with Gasteiger partial charge in [0, 0.05) is 6.42 Å². The van der Waals surface area contributed by atoms with Crippen molar-refractivity contribution in [3.63, 3.8) is 0 Å². The summed E-state index contributed by atoms with van der Waals surface area (Å²) in [7, 11) is 0. The number of aliphatic hydroxyl groups is 1. The van der Waals surface area contributed by atoms with E-state index < -0.39 is 12.1 Å². The van der Waals surface area contributed by atoms with Gasteiger partial charge in [0.1, 0.15) is 5.76 Å². The van der Waals surface area contributed by atoms with Crippen molar-refractivity contribution >= 4 is 5.97 Å². The topological polar surface area (TPSA) is 46.5 Å². The number of ether oxygens (including phenoxy) is 1. The standard InChI is InChI=1S/C14H22O3/c1-9(2)6-5-7-10(3)8-12-13(15)11(4)14(16)17-12/h7,9,12,15H,5-6,8H2,1-4H3/b10-7+. The van der Waals surface area contributed by atoms with E-state index in [9.17, 15) is 9.90 Å². The normalized spacial score (nSPS) is 21.4. The highest BCUT2D eigenvalue weighted by Crippen LogP contribution is 2.25. The van der Waals surface area contributed by atoms with Crippen LogP contribution in [0, 0.1) is 5.92 Å². The van der Waals surface area contributed by atoms with Crippen LogP contribution in [0.25, 0.3) is 0 Å². The largest absolute Gasteiger partial charge is 0.508 e. The summed E-state index contributed by atoms with van der Waals surface area (Å²) in [6, 6.07) is 0. The second-order valence-electron chi connectivity index (χ2n) is 5.13. The van der Waals surface area contributed by atoms with Gasteiger partial charge in [0.15, 0.2) is 6.10 Å². The highest BCUT2D eigenvalue weighted by molar-refractivity contribution is 5.91. The zero-order valence-corrected chi connectivity index (χ0v) is 11.1. The van der Waals surface area contributed by atoms with Gasteiger partial charge in [-0.2, -0.15) is 0 Å². The van der Waals surface area contributed by atoms with E-state index in [1.807, 2.05) is 6.92 Å². The molecule has 1 unspecified atom stereocenters. The first-order valence-corrected chi connectivity index (χ1v) is 6.18. The van der Waals surface area contributed by atoms with E-state index in [1.165, 1.54) is 0 Å². The van der Waals surface area contributed by atoms with E-state index in [1.54, 1.807) is 6.92 Å². The monoisotopic (exact) mass is 238 g/mol. The Kier molecular flexibility index (Phi) is 4.79. The summed E-state index contributed by atoms with van der Waals surface area (Å²) in [4.78, 5) is 11.2. The molecule has 0 amide bonds. The lowest BCUT2D eigenvalue weighted by Crippen LogP contribution is -2.12. The second kappa shape index (κ2) is 5.89. The molecule has 1 rings (SSSR count). The molecule has 1 atom stereocenters. The molecule has 96 valence electrons. The molecule has 0 fully saturated rings. The van der Waals surface area contributed by atoms with Gasteiger partial charge in [-0.3, -0.25) is 0 Å². The second-order valence-corrected chi connectivity index (χ2v) is 5.13. The minimum Gasteiger partial charge on any atom is -0.508 e. The maximum Gasteiger partial charge on any atom is 0.338 e. The fourth-order valence-electron chi connectivity index (χ4n) is 1.80. The quantitative estimate of drug-likeness (QED) is 0.589. The number of hydrogen-bond acceptors (Lipinski definition) is 3. The van der Waals surface area contributed by atoms with E-state index in [2.05, 4.69) is 19.9 Å². The van der Waals surface area contributed by atoms with Crippen LogP contribution < -0.4 is 0 Å². The van der Waals surface area contributed by atoms with Crippen molar-refractivity contribution in [2.45, 2.75) is 53.1 Å². The van der Waals surface area contributed by atoms with Crippen molar-refractivity contribution in [1.82, 2.24) is 0 Å². The van der Waals surface area contributed by atoms with Gasteiger partial charge in [-0.1, -0.05) is 25.5 Å². The molecule has 0 aromatic rings. The summed E-state index contributed by atoms with van der Waals surface area (Å²) in [5.41, 5.74) is 1.50. The molecular formula is C14H22O3. The average Bonchev–Trinajstić information content (AvgIpc) is 2.46. The summed E-state index contributed by atoms with van der Waals surface area (Å²) >= 11 is 0. The van der Waals surface area contributed by atoms with Gasteiger partial charge >= 0.3 is 5.97 Å². The van der Waals surface area contributed by atoms with Crippen molar-refractivity contribution in [2.24, 2.45) is 5.92 Å². The van der Waals surface area contributed by atoms with Crippen LogP contribution in [0.4, 0.5) is 0 Å².